The van der Waals surface area contributed by atoms with E-state index in [1.165, 1.54) is 4.90 Å². The van der Waals surface area contributed by atoms with E-state index >= 15 is 0 Å². The Kier molecular flexibility index (Phi) is 7.74. The first-order valence-electron chi connectivity index (χ1n) is 12.4. The van der Waals surface area contributed by atoms with Crippen molar-refractivity contribution < 1.29 is 19.1 Å². The molecule has 0 bridgehead atoms. The Labute approximate surface area is 212 Å². The van der Waals surface area contributed by atoms with Crippen LogP contribution in [0, 0.1) is 6.92 Å². The average Bonchev–Trinajstić information content (AvgIpc) is 2.87. The van der Waals surface area contributed by atoms with Crippen LogP contribution in [-0.2, 0) is 9.53 Å². The highest BCUT2D eigenvalue weighted by Crippen LogP contribution is 2.32. The number of amides is 3. The molecule has 0 spiro atoms. The van der Waals surface area contributed by atoms with Gasteiger partial charge in [-0.05, 0) is 38.5 Å². The molecule has 1 fully saturated rings. The Hall–Kier alpha value is -3.65. The maximum Gasteiger partial charge on any atom is 0.338 e. The van der Waals surface area contributed by atoms with Crippen LogP contribution in [0.15, 0.2) is 65.9 Å². The lowest BCUT2D eigenvalue weighted by molar-refractivity contribution is -0.139. The maximum absolute atomic E-state index is 13.2. The Morgan fingerprint density at radius 3 is 2.39 bits per heavy atom. The Morgan fingerprint density at radius 1 is 1.06 bits per heavy atom. The van der Waals surface area contributed by atoms with Crippen molar-refractivity contribution in [2.75, 3.05) is 39.8 Å². The molecule has 2 aromatic carbocycles. The van der Waals surface area contributed by atoms with E-state index in [0.717, 1.165) is 11.1 Å². The number of ether oxygens (including phenoxy) is 1. The van der Waals surface area contributed by atoms with E-state index in [-0.39, 0.29) is 24.6 Å². The van der Waals surface area contributed by atoms with Gasteiger partial charge in [-0.25, -0.2) is 9.59 Å². The van der Waals surface area contributed by atoms with Crippen LogP contribution in [0.2, 0.25) is 0 Å². The molecule has 2 aromatic rings. The Balaban J connectivity index is 1.60. The lowest BCUT2D eigenvalue weighted by Gasteiger charge is -2.42. The van der Waals surface area contributed by atoms with Gasteiger partial charge >= 0.3 is 12.0 Å². The van der Waals surface area contributed by atoms with E-state index in [1.54, 1.807) is 14.0 Å². The number of piperazine rings is 1. The molecule has 2 heterocycles. The molecule has 0 radical (unpaired) electrons. The number of nitrogens with one attached hydrogen (secondary N) is 1. The van der Waals surface area contributed by atoms with E-state index in [9.17, 15) is 14.4 Å². The van der Waals surface area contributed by atoms with Gasteiger partial charge in [0.25, 0.3) is 5.91 Å². The van der Waals surface area contributed by atoms with Gasteiger partial charge in [-0.15, -0.1) is 0 Å². The predicted molar refractivity (Wildman–Crippen MR) is 137 cm³/mol. The fourth-order valence-electron chi connectivity index (χ4n) is 4.84. The van der Waals surface area contributed by atoms with Crippen molar-refractivity contribution in [2.24, 2.45) is 0 Å². The summed E-state index contributed by atoms with van der Waals surface area (Å²) >= 11 is 0. The number of benzene rings is 2. The summed E-state index contributed by atoms with van der Waals surface area (Å²) in [7, 11) is 1.67. The van der Waals surface area contributed by atoms with Gasteiger partial charge in [0.05, 0.1) is 18.2 Å². The van der Waals surface area contributed by atoms with E-state index in [1.807, 2.05) is 73.3 Å². The third-order valence-electron chi connectivity index (χ3n) is 6.85. The summed E-state index contributed by atoms with van der Waals surface area (Å²) in [6, 6.07) is 16.2. The summed E-state index contributed by atoms with van der Waals surface area (Å²) in [5, 5.41) is 2.96. The van der Waals surface area contributed by atoms with E-state index < -0.39 is 12.0 Å². The van der Waals surface area contributed by atoms with Crippen LogP contribution in [0.25, 0.3) is 0 Å². The molecule has 1 saturated heterocycles. The fraction of sp³-hybridized carbons (Fsp3) is 0.393. The van der Waals surface area contributed by atoms with Crippen LogP contribution in [0.3, 0.4) is 0 Å². The molecule has 3 amide bonds. The third-order valence-corrected chi connectivity index (χ3v) is 6.85. The number of nitrogens with zero attached hydrogens (tertiary/aromatic N) is 3. The maximum atomic E-state index is 13.2. The Morgan fingerprint density at radius 2 is 1.75 bits per heavy atom. The van der Waals surface area contributed by atoms with Crippen LogP contribution >= 0.6 is 0 Å². The number of esters is 1. The second-order valence-corrected chi connectivity index (χ2v) is 9.38. The lowest BCUT2D eigenvalue weighted by atomic mass is 9.93. The van der Waals surface area contributed by atoms with Gasteiger partial charge in [-0.3, -0.25) is 14.6 Å². The highest BCUT2D eigenvalue weighted by Gasteiger charge is 2.38. The van der Waals surface area contributed by atoms with Crippen LogP contribution in [0.5, 0.6) is 0 Å². The minimum atomic E-state index is -0.596. The molecule has 4 rings (SSSR count). The normalized spacial score (nSPS) is 20.8. The zero-order valence-electron chi connectivity index (χ0n) is 21.4. The number of hydrogen-bond donors (Lipinski definition) is 1. The first kappa shape index (κ1) is 25.4. The molecule has 2 atom stereocenters. The molecule has 0 unspecified atom stereocenters. The Bertz CT molecular complexity index is 1150. The topological polar surface area (TPSA) is 82.2 Å². The summed E-state index contributed by atoms with van der Waals surface area (Å²) in [5.41, 5.74) is 3.66. The van der Waals surface area contributed by atoms with Crippen LogP contribution < -0.4 is 5.32 Å². The number of hydrogen-bond acceptors (Lipinski definition) is 5. The number of likely N-dealkylation sites (N-methyl/N-ethyl adjacent to an activating group) is 1. The largest absolute Gasteiger partial charge is 0.463 e. The molecular weight excluding hydrogens is 456 g/mol. The van der Waals surface area contributed by atoms with Crippen LogP contribution in [0.4, 0.5) is 4.79 Å². The van der Waals surface area contributed by atoms with Gasteiger partial charge in [-0.2, -0.15) is 0 Å². The molecule has 8 heteroatoms. The van der Waals surface area contributed by atoms with Crippen molar-refractivity contribution in [3.63, 3.8) is 0 Å². The third kappa shape index (κ3) is 5.28. The molecule has 2 aliphatic heterocycles. The monoisotopic (exact) mass is 490 g/mol. The molecule has 8 nitrogen and oxygen atoms in total. The highest BCUT2D eigenvalue weighted by molar-refractivity contribution is 5.95. The minimum Gasteiger partial charge on any atom is -0.463 e. The van der Waals surface area contributed by atoms with Crippen molar-refractivity contribution in [1.82, 2.24) is 20.0 Å². The van der Waals surface area contributed by atoms with Crippen LogP contribution in [-0.4, -0.2) is 78.5 Å². The summed E-state index contributed by atoms with van der Waals surface area (Å²) < 4.78 is 5.43. The summed E-state index contributed by atoms with van der Waals surface area (Å²) in [6.07, 6.45) is 0. The van der Waals surface area contributed by atoms with Crippen LogP contribution in [0.1, 0.15) is 41.4 Å². The zero-order chi connectivity index (χ0) is 25.8. The number of rotatable bonds is 6. The number of carbonyl (C=O) groups excluding carboxylic acids is 3. The molecular formula is C28H34N4O4. The standard InChI is InChI=1S/C28H34N4O4/c1-5-36-27(34)24-23(30(4)28(35)29-25(24)21-13-11-19(2)12-14-21)18-31-15-16-32(20(3)17-31)26(33)22-9-7-6-8-10-22/h6-14,20,25H,5,15-18H2,1-4H3,(H,29,35)/t20-,25+/m1/s1. The van der Waals surface area contributed by atoms with E-state index in [2.05, 4.69) is 10.2 Å². The fourth-order valence-corrected chi connectivity index (χ4v) is 4.84. The van der Waals surface area contributed by atoms with Gasteiger partial charge in [0.15, 0.2) is 0 Å². The van der Waals surface area contributed by atoms with Crippen molar-refractivity contribution in [2.45, 2.75) is 32.9 Å². The minimum absolute atomic E-state index is 0.0165. The summed E-state index contributed by atoms with van der Waals surface area (Å²) in [6.45, 7) is 8.26. The molecule has 2 aliphatic rings. The first-order chi connectivity index (χ1) is 17.3. The van der Waals surface area contributed by atoms with Gasteiger partial charge in [0, 0.05) is 50.5 Å². The summed E-state index contributed by atoms with van der Waals surface area (Å²) in [5.74, 6) is -0.418. The molecule has 36 heavy (non-hydrogen) atoms. The number of urea groups is 1. The quantitative estimate of drug-likeness (QED) is 0.628. The van der Waals surface area contributed by atoms with Gasteiger partial charge in [0.1, 0.15) is 0 Å². The SMILES string of the molecule is CCOC(=O)C1=C(CN2CCN(C(=O)c3ccccc3)[C@H](C)C2)N(C)C(=O)N[C@H]1c1ccc(C)cc1. The highest BCUT2D eigenvalue weighted by atomic mass is 16.5. The predicted octanol–water partition coefficient (Wildman–Crippen LogP) is 3.35. The second-order valence-electron chi connectivity index (χ2n) is 9.38. The van der Waals surface area contributed by atoms with Gasteiger partial charge in [-0.1, -0.05) is 48.0 Å². The number of aryl methyl sites for hydroxylation is 1. The smallest absolute Gasteiger partial charge is 0.338 e. The van der Waals surface area contributed by atoms with Crippen molar-refractivity contribution in [3.05, 3.63) is 82.6 Å². The van der Waals surface area contributed by atoms with Gasteiger partial charge < -0.3 is 15.0 Å². The molecule has 0 saturated carbocycles. The van der Waals surface area contributed by atoms with Crippen molar-refractivity contribution >= 4 is 17.9 Å². The molecule has 1 N–H and O–H groups in total. The average molecular weight is 491 g/mol. The first-order valence-corrected chi connectivity index (χ1v) is 12.4. The molecule has 0 aromatic heterocycles. The molecule has 190 valence electrons. The van der Waals surface area contributed by atoms with E-state index in [0.29, 0.717) is 43.0 Å². The summed E-state index contributed by atoms with van der Waals surface area (Å²) in [4.78, 5) is 44.7. The van der Waals surface area contributed by atoms with E-state index in [4.69, 9.17) is 4.74 Å². The van der Waals surface area contributed by atoms with Gasteiger partial charge in [0.2, 0.25) is 0 Å². The van der Waals surface area contributed by atoms with Crippen molar-refractivity contribution in [1.29, 1.82) is 0 Å². The number of carbonyl (C=O) groups is 3. The molecule has 0 aliphatic carbocycles. The second kappa shape index (κ2) is 11.0. The van der Waals surface area contributed by atoms with Crippen molar-refractivity contribution in [3.8, 4) is 0 Å². The lowest BCUT2D eigenvalue weighted by Crippen LogP contribution is -2.56. The zero-order valence-corrected chi connectivity index (χ0v) is 21.4.